The predicted molar refractivity (Wildman–Crippen MR) is 117 cm³/mol. The van der Waals surface area contributed by atoms with Crippen molar-refractivity contribution < 1.29 is 13.2 Å². The van der Waals surface area contributed by atoms with Gasteiger partial charge in [0.15, 0.2) is 0 Å². The summed E-state index contributed by atoms with van der Waals surface area (Å²) in [6, 6.07) is 23.4. The Balaban J connectivity index is 1.58. The second kappa shape index (κ2) is 9.21. The van der Waals surface area contributed by atoms with E-state index in [1.54, 1.807) is 24.3 Å². The smallest absolute Gasteiger partial charge is 0.255 e. The minimum atomic E-state index is -3.65. The number of hydrogen-bond donors (Lipinski definition) is 2. The van der Waals surface area contributed by atoms with Crippen molar-refractivity contribution >= 4 is 27.7 Å². The number of benzene rings is 3. The molecule has 0 radical (unpaired) electrons. The summed E-state index contributed by atoms with van der Waals surface area (Å²) in [7, 11) is -3.65. The number of nitrogens with one attached hydrogen (secondary N) is 2. The molecule has 0 aliphatic heterocycles. The van der Waals surface area contributed by atoms with E-state index >= 15 is 0 Å². The van der Waals surface area contributed by atoms with Crippen LogP contribution in [-0.4, -0.2) is 14.3 Å². The van der Waals surface area contributed by atoms with Gasteiger partial charge in [0.05, 0.1) is 5.41 Å². The van der Waals surface area contributed by atoms with Gasteiger partial charge in [-0.3, -0.25) is 9.52 Å². The van der Waals surface area contributed by atoms with Gasteiger partial charge in [0, 0.05) is 17.8 Å². The average molecular weight is 407 g/mol. The maximum atomic E-state index is 12.3. The first-order valence-electron chi connectivity index (χ1n) is 9.11. The zero-order chi connectivity index (χ0) is 20.7. The highest BCUT2D eigenvalue weighted by Gasteiger charge is 2.08. The van der Waals surface area contributed by atoms with E-state index in [1.807, 2.05) is 61.5 Å². The zero-order valence-electron chi connectivity index (χ0n) is 16.0. The number of amides is 1. The van der Waals surface area contributed by atoms with Crippen LogP contribution >= 0.6 is 0 Å². The van der Waals surface area contributed by atoms with E-state index in [1.165, 1.54) is 6.08 Å². The number of carbonyl (C=O) groups is 1. The first-order valence-corrected chi connectivity index (χ1v) is 10.7. The van der Waals surface area contributed by atoms with Crippen molar-refractivity contribution in [2.75, 3.05) is 4.72 Å². The van der Waals surface area contributed by atoms with E-state index in [9.17, 15) is 13.2 Å². The molecule has 6 heteroatoms. The summed E-state index contributed by atoms with van der Waals surface area (Å²) in [5, 5.41) is 3.97. The molecule has 0 heterocycles. The van der Waals surface area contributed by atoms with Crippen LogP contribution in [0.3, 0.4) is 0 Å². The zero-order valence-corrected chi connectivity index (χ0v) is 16.8. The van der Waals surface area contributed by atoms with Gasteiger partial charge in [0.2, 0.25) is 0 Å². The fourth-order valence-corrected chi connectivity index (χ4v) is 3.48. The molecule has 29 heavy (non-hydrogen) atoms. The summed E-state index contributed by atoms with van der Waals surface area (Å²) < 4.78 is 26.9. The van der Waals surface area contributed by atoms with Gasteiger partial charge in [-0.25, -0.2) is 8.42 Å². The third kappa shape index (κ3) is 6.33. The van der Waals surface area contributed by atoms with Gasteiger partial charge < -0.3 is 5.32 Å². The van der Waals surface area contributed by atoms with E-state index in [0.29, 0.717) is 17.8 Å². The third-order valence-electron chi connectivity index (χ3n) is 4.22. The molecule has 3 rings (SSSR count). The number of anilines is 1. The molecule has 0 unspecified atom stereocenters. The van der Waals surface area contributed by atoms with Gasteiger partial charge in [-0.05, 0) is 48.4 Å². The highest BCUT2D eigenvalue weighted by atomic mass is 32.2. The lowest BCUT2D eigenvalue weighted by Gasteiger charge is -2.08. The number of hydrogen-bond acceptors (Lipinski definition) is 3. The lowest BCUT2D eigenvalue weighted by molar-refractivity contribution is 0.0951. The maximum absolute atomic E-state index is 12.3. The van der Waals surface area contributed by atoms with Crippen LogP contribution in [0, 0.1) is 6.92 Å². The van der Waals surface area contributed by atoms with Gasteiger partial charge in [0.25, 0.3) is 15.9 Å². The Kier molecular flexibility index (Phi) is 6.46. The van der Waals surface area contributed by atoms with Gasteiger partial charge in [-0.2, -0.15) is 0 Å². The fourth-order valence-electron chi connectivity index (χ4n) is 2.61. The standard InChI is InChI=1S/C23H22N2O3S/c1-18-7-9-20(10-8-18)17-24-23(26)21-11-13-22(14-12-21)25-29(27,28)16-15-19-5-3-2-4-6-19/h2-16,25H,17H2,1H3,(H,24,26). The molecule has 0 atom stereocenters. The predicted octanol–water partition coefficient (Wildman–Crippen LogP) is 4.34. The Morgan fingerprint density at radius 3 is 2.21 bits per heavy atom. The normalized spacial score (nSPS) is 11.3. The van der Waals surface area contributed by atoms with E-state index < -0.39 is 10.0 Å². The molecular formula is C23H22N2O3S. The van der Waals surface area contributed by atoms with Crippen molar-refractivity contribution in [3.8, 4) is 0 Å². The number of sulfonamides is 1. The van der Waals surface area contributed by atoms with Crippen molar-refractivity contribution in [1.82, 2.24) is 5.32 Å². The average Bonchev–Trinajstić information content (AvgIpc) is 2.73. The molecule has 0 fully saturated rings. The highest BCUT2D eigenvalue weighted by Crippen LogP contribution is 2.13. The van der Waals surface area contributed by atoms with Gasteiger partial charge in [-0.1, -0.05) is 60.2 Å². The van der Waals surface area contributed by atoms with Crippen LogP contribution < -0.4 is 10.0 Å². The lowest BCUT2D eigenvalue weighted by Crippen LogP contribution is -2.22. The molecule has 0 aliphatic carbocycles. The van der Waals surface area contributed by atoms with E-state index in [-0.39, 0.29) is 5.91 Å². The Morgan fingerprint density at radius 2 is 1.55 bits per heavy atom. The summed E-state index contributed by atoms with van der Waals surface area (Å²) in [4.78, 5) is 12.3. The van der Waals surface area contributed by atoms with Crippen molar-refractivity contribution in [3.05, 3.63) is 107 Å². The summed E-state index contributed by atoms with van der Waals surface area (Å²) in [6.45, 7) is 2.44. The topological polar surface area (TPSA) is 75.3 Å². The molecule has 3 aromatic rings. The minimum absolute atomic E-state index is 0.219. The van der Waals surface area contributed by atoms with Crippen molar-refractivity contribution in [2.45, 2.75) is 13.5 Å². The minimum Gasteiger partial charge on any atom is -0.348 e. The van der Waals surface area contributed by atoms with Crippen LogP contribution in [0.25, 0.3) is 6.08 Å². The SMILES string of the molecule is Cc1ccc(CNC(=O)c2ccc(NS(=O)(=O)C=Cc3ccccc3)cc2)cc1. The number of carbonyl (C=O) groups excluding carboxylic acids is 1. The molecule has 3 aromatic carbocycles. The molecule has 0 spiro atoms. The highest BCUT2D eigenvalue weighted by molar-refractivity contribution is 7.95. The Hall–Kier alpha value is -3.38. The van der Waals surface area contributed by atoms with Crippen LogP contribution in [0.2, 0.25) is 0 Å². The molecule has 0 aliphatic rings. The molecule has 0 saturated carbocycles. The first-order chi connectivity index (χ1) is 13.9. The van der Waals surface area contributed by atoms with Crippen LogP contribution in [0.5, 0.6) is 0 Å². The summed E-state index contributed by atoms with van der Waals surface area (Å²) >= 11 is 0. The molecule has 2 N–H and O–H groups in total. The number of rotatable bonds is 7. The van der Waals surface area contributed by atoms with Gasteiger partial charge in [0.1, 0.15) is 0 Å². The molecule has 1 amide bonds. The Morgan fingerprint density at radius 1 is 0.897 bits per heavy atom. The van der Waals surface area contributed by atoms with Crippen LogP contribution in [0.4, 0.5) is 5.69 Å². The quantitative estimate of drug-likeness (QED) is 0.613. The fraction of sp³-hybridized carbons (Fsp3) is 0.0870. The van der Waals surface area contributed by atoms with Crippen LogP contribution in [-0.2, 0) is 16.6 Å². The molecule has 0 bridgehead atoms. The van der Waals surface area contributed by atoms with Crippen LogP contribution in [0.1, 0.15) is 27.0 Å². The van der Waals surface area contributed by atoms with E-state index in [2.05, 4.69) is 10.0 Å². The lowest BCUT2D eigenvalue weighted by atomic mass is 10.1. The molecule has 148 valence electrons. The second-order valence-electron chi connectivity index (χ2n) is 6.61. The van der Waals surface area contributed by atoms with Crippen molar-refractivity contribution in [1.29, 1.82) is 0 Å². The van der Waals surface area contributed by atoms with Gasteiger partial charge in [-0.15, -0.1) is 0 Å². The molecule has 0 saturated heterocycles. The summed E-state index contributed by atoms with van der Waals surface area (Å²) in [5.74, 6) is -0.219. The largest absolute Gasteiger partial charge is 0.348 e. The third-order valence-corrected chi connectivity index (χ3v) is 5.23. The van der Waals surface area contributed by atoms with Crippen molar-refractivity contribution in [2.24, 2.45) is 0 Å². The summed E-state index contributed by atoms with van der Waals surface area (Å²) in [6.07, 6.45) is 1.52. The molecular weight excluding hydrogens is 384 g/mol. The Labute approximate surface area is 171 Å². The molecule has 5 nitrogen and oxygen atoms in total. The monoisotopic (exact) mass is 406 g/mol. The Bertz CT molecular complexity index is 1090. The summed E-state index contributed by atoms with van der Waals surface area (Å²) in [5.41, 5.74) is 3.81. The van der Waals surface area contributed by atoms with Gasteiger partial charge >= 0.3 is 0 Å². The maximum Gasteiger partial charge on any atom is 0.255 e. The van der Waals surface area contributed by atoms with Crippen LogP contribution in [0.15, 0.2) is 84.3 Å². The number of aryl methyl sites for hydroxylation is 1. The second-order valence-corrected chi connectivity index (χ2v) is 8.17. The molecule has 0 aromatic heterocycles. The van der Waals surface area contributed by atoms with Crippen molar-refractivity contribution in [3.63, 3.8) is 0 Å². The van der Waals surface area contributed by atoms with E-state index in [0.717, 1.165) is 22.1 Å². The first kappa shape index (κ1) is 20.4. The van der Waals surface area contributed by atoms with E-state index in [4.69, 9.17) is 0 Å².